The van der Waals surface area contributed by atoms with Crippen LogP contribution >= 0.6 is 0 Å². The van der Waals surface area contributed by atoms with Gasteiger partial charge in [-0.2, -0.15) is 0 Å². The Labute approximate surface area is 124 Å². The third-order valence-electron chi connectivity index (χ3n) is 3.61. The van der Waals surface area contributed by atoms with Gasteiger partial charge in [-0.25, -0.2) is 13.1 Å². The van der Waals surface area contributed by atoms with Crippen molar-refractivity contribution >= 4 is 21.6 Å². The summed E-state index contributed by atoms with van der Waals surface area (Å²) in [5.74, 6) is -0.125. The van der Waals surface area contributed by atoms with E-state index in [1.807, 2.05) is 0 Å². The number of methoxy groups -OCH3 is 1. The maximum Gasteiger partial charge on any atom is 0.240 e. The summed E-state index contributed by atoms with van der Waals surface area (Å²) in [5, 5.41) is 2.76. The SMILES string of the molecule is COCCCNS(=O)(=O)c1ccc2c(c1)C(C)(C)C(=O)N2. The van der Waals surface area contributed by atoms with Crippen molar-refractivity contribution in [1.29, 1.82) is 0 Å². The van der Waals surface area contributed by atoms with Crippen LogP contribution in [0.3, 0.4) is 0 Å². The summed E-state index contributed by atoms with van der Waals surface area (Å²) >= 11 is 0. The fourth-order valence-corrected chi connectivity index (χ4v) is 3.32. The Morgan fingerprint density at radius 3 is 2.71 bits per heavy atom. The lowest BCUT2D eigenvalue weighted by atomic mass is 9.86. The predicted molar refractivity (Wildman–Crippen MR) is 79.8 cm³/mol. The Balaban J connectivity index is 2.23. The molecule has 1 amide bonds. The summed E-state index contributed by atoms with van der Waals surface area (Å²) in [6.07, 6.45) is 0.603. The third kappa shape index (κ3) is 3.09. The minimum Gasteiger partial charge on any atom is -0.385 e. The van der Waals surface area contributed by atoms with Crippen molar-refractivity contribution in [3.05, 3.63) is 23.8 Å². The first kappa shape index (κ1) is 15.9. The van der Waals surface area contributed by atoms with E-state index in [0.717, 1.165) is 0 Å². The van der Waals surface area contributed by atoms with Crippen molar-refractivity contribution in [3.8, 4) is 0 Å². The van der Waals surface area contributed by atoms with E-state index in [9.17, 15) is 13.2 Å². The number of hydrogen-bond acceptors (Lipinski definition) is 4. The number of anilines is 1. The van der Waals surface area contributed by atoms with Crippen molar-refractivity contribution in [2.45, 2.75) is 30.6 Å². The fraction of sp³-hybridized carbons (Fsp3) is 0.500. The summed E-state index contributed by atoms with van der Waals surface area (Å²) < 4.78 is 31.9. The first-order valence-corrected chi connectivity index (χ1v) is 8.22. The Morgan fingerprint density at radius 1 is 1.33 bits per heavy atom. The molecule has 0 radical (unpaired) electrons. The number of benzene rings is 1. The lowest BCUT2D eigenvalue weighted by Crippen LogP contribution is -2.28. The third-order valence-corrected chi connectivity index (χ3v) is 5.07. The fourth-order valence-electron chi connectivity index (χ4n) is 2.22. The molecule has 21 heavy (non-hydrogen) atoms. The number of fused-ring (bicyclic) bond motifs is 1. The summed E-state index contributed by atoms with van der Waals surface area (Å²) in [6.45, 7) is 4.36. The number of carbonyl (C=O) groups is 1. The van der Waals surface area contributed by atoms with Crippen LogP contribution in [0.15, 0.2) is 23.1 Å². The number of amides is 1. The maximum absolute atomic E-state index is 12.2. The average molecular weight is 312 g/mol. The smallest absolute Gasteiger partial charge is 0.240 e. The molecule has 0 saturated carbocycles. The van der Waals surface area contributed by atoms with Gasteiger partial charge in [0.25, 0.3) is 0 Å². The van der Waals surface area contributed by atoms with Gasteiger partial charge in [0.15, 0.2) is 0 Å². The van der Waals surface area contributed by atoms with Gasteiger partial charge in [0.1, 0.15) is 0 Å². The van der Waals surface area contributed by atoms with E-state index in [-0.39, 0.29) is 10.8 Å². The molecule has 0 bridgehead atoms. The lowest BCUT2D eigenvalue weighted by Gasteiger charge is -2.16. The van der Waals surface area contributed by atoms with Crippen LogP contribution in [-0.2, 0) is 25.0 Å². The van der Waals surface area contributed by atoms with Gasteiger partial charge in [0, 0.05) is 25.9 Å². The number of sulfonamides is 1. The molecule has 0 fully saturated rings. The van der Waals surface area contributed by atoms with Crippen LogP contribution < -0.4 is 10.0 Å². The standard InChI is InChI=1S/C14H20N2O4S/c1-14(2)11-9-10(5-6-12(11)16-13(14)17)21(18,19)15-7-4-8-20-3/h5-6,9,15H,4,7-8H2,1-3H3,(H,16,17). The highest BCUT2D eigenvalue weighted by Crippen LogP contribution is 2.38. The Hall–Kier alpha value is -1.44. The first-order valence-electron chi connectivity index (χ1n) is 6.73. The van der Waals surface area contributed by atoms with Gasteiger partial charge in [-0.05, 0) is 44.0 Å². The molecule has 7 heteroatoms. The van der Waals surface area contributed by atoms with Crippen LogP contribution in [0.4, 0.5) is 5.69 Å². The molecular weight excluding hydrogens is 292 g/mol. The first-order chi connectivity index (χ1) is 9.79. The molecular formula is C14H20N2O4S. The van der Waals surface area contributed by atoms with Gasteiger partial charge in [0.05, 0.1) is 10.3 Å². The maximum atomic E-state index is 12.2. The molecule has 1 aromatic rings. The minimum atomic E-state index is -3.57. The van der Waals surface area contributed by atoms with Crippen LogP contribution in [-0.4, -0.2) is 34.6 Å². The molecule has 1 aromatic carbocycles. The number of hydrogen-bond donors (Lipinski definition) is 2. The highest BCUT2D eigenvalue weighted by atomic mass is 32.2. The molecule has 1 aliphatic heterocycles. The van der Waals surface area contributed by atoms with Crippen LogP contribution in [0.25, 0.3) is 0 Å². The normalized spacial score (nSPS) is 16.6. The quantitative estimate of drug-likeness (QED) is 0.774. The van der Waals surface area contributed by atoms with E-state index < -0.39 is 15.4 Å². The van der Waals surface area contributed by atoms with Crippen molar-refractivity contribution in [3.63, 3.8) is 0 Å². The predicted octanol–water partition coefficient (Wildman–Crippen LogP) is 1.23. The van der Waals surface area contributed by atoms with Gasteiger partial charge in [-0.15, -0.1) is 0 Å². The zero-order valence-electron chi connectivity index (χ0n) is 12.4. The highest BCUT2D eigenvalue weighted by Gasteiger charge is 2.38. The topological polar surface area (TPSA) is 84.5 Å². The molecule has 0 aromatic heterocycles. The van der Waals surface area contributed by atoms with Crippen molar-refractivity contribution in [2.24, 2.45) is 0 Å². The summed E-state index contributed by atoms with van der Waals surface area (Å²) in [4.78, 5) is 12.0. The van der Waals surface area contributed by atoms with E-state index in [4.69, 9.17) is 4.74 Å². The number of carbonyl (C=O) groups excluding carboxylic acids is 1. The molecule has 1 aliphatic rings. The summed E-state index contributed by atoms with van der Waals surface area (Å²) in [5.41, 5.74) is 0.646. The van der Waals surface area contributed by atoms with Crippen LogP contribution in [0.2, 0.25) is 0 Å². The molecule has 116 valence electrons. The molecule has 2 N–H and O–H groups in total. The number of ether oxygens (including phenoxy) is 1. The second-order valence-corrected chi connectivity index (χ2v) is 7.30. The van der Waals surface area contributed by atoms with Gasteiger partial charge in [-0.1, -0.05) is 0 Å². The second kappa shape index (κ2) is 5.75. The zero-order valence-corrected chi connectivity index (χ0v) is 13.2. The van der Waals surface area contributed by atoms with Crippen molar-refractivity contribution in [1.82, 2.24) is 4.72 Å². The van der Waals surface area contributed by atoms with Crippen molar-refractivity contribution in [2.75, 3.05) is 25.6 Å². The largest absolute Gasteiger partial charge is 0.385 e. The molecule has 2 rings (SSSR count). The van der Waals surface area contributed by atoms with Gasteiger partial charge >= 0.3 is 0 Å². The van der Waals surface area contributed by atoms with Gasteiger partial charge in [0.2, 0.25) is 15.9 Å². The van der Waals surface area contributed by atoms with Crippen LogP contribution in [0, 0.1) is 0 Å². The Morgan fingerprint density at radius 2 is 2.05 bits per heavy atom. The van der Waals surface area contributed by atoms with Gasteiger partial charge in [-0.3, -0.25) is 4.79 Å². The second-order valence-electron chi connectivity index (χ2n) is 5.53. The summed E-state index contributed by atoms with van der Waals surface area (Å²) in [6, 6.07) is 4.69. The molecule has 1 heterocycles. The highest BCUT2D eigenvalue weighted by molar-refractivity contribution is 7.89. The number of nitrogens with one attached hydrogen (secondary N) is 2. The van der Waals surface area contributed by atoms with E-state index in [2.05, 4.69) is 10.0 Å². The Bertz CT molecular complexity index is 653. The molecule has 0 atom stereocenters. The van der Waals surface area contributed by atoms with E-state index in [1.54, 1.807) is 33.1 Å². The van der Waals surface area contributed by atoms with E-state index >= 15 is 0 Å². The molecule has 0 spiro atoms. The van der Waals surface area contributed by atoms with E-state index in [0.29, 0.717) is 30.8 Å². The zero-order chi connectivity index (χ0) is 15.7. The van der Waals surface area contributed by atoms with Crippen LogP contribution in [0.1, 0.15) is 25.8 Å². The molecule has 0 saturated heterocycles. The molecule has 0 aliphatic carbocycles. The van der Waals surface area contributed by atoms with Crippen molar-refractivity contribution < 1.29 is 17.9 Å². The summed E-state index contributed by atoms with van der Waals surface area (Å²) in [7, 11) is -2.00. The van der Waals surface area contributed by atoms with E-state index in [1.165, 1.54) is 6.07 Å². The monoisotopic (exact) mass is 312 g/mol. The Kier molecular flexibility index (Phi) is 4.36. The van der Waals surface area contributed by atoms with Crippen LogP contribution in [0.5, 0.6) is 0 Å². The number of rotatable bonds is 6. The van der Waals surface area contributed by atoms with Gasteiger partial charge < -0.3 is 10.1 Å². The molecule has 0 unspecified atom stereocenters. The molecule has 6 nitrogen and oxygen atoms in total. The minimum absolute atomic E-state index is 0.125. The lowest BCUT2D eigenvalue weighted by molar-refractivity contribution is -0.119. The average Bonchev–Trinajstić information content (AvgIpc) is 2.65.